The summed E-state index contributed by atoms with van der Waals surface area (Å²) in [6.45, 7) is 8.54. The first-order valence-electron chi connectivity index (χ1n) is 9.47. The molecule has 4 nitrogen and oxygen atoms in total. The largest absolute Gasteiger partial charge is 0.374 e. The van der Waals surface area contributed by atoms with Gasteiger partial charge in [0.25, 0.3) is 0 Å². The second-order valence-corrected chi connectivity index (χ2v) is 7.88. The molecular weight excluding hydrogens is 310 g/mol. The maximum atomic E-state index is 6.19. The Bertz CT molecular complexity index is 710. The van der Waals surface area contributed by atoms with E-state index < -0.39 is 0 Å². The second-order valence-electron chi connectivity index (χ2n) is 7.88. The van der Waals surface area contributed by atoms with Crippen molar-refractivity contribution in [2.45, 2.75) is 45.9 Å². The molecule has 1 saturated carbocycles. The number of hydrogen-bond acceptors (Lipinski definition) is 3. The molecule has 0 amide bonds. The molecule has 1 aromatic heterocycles. The molecule has 25 heavy (non-hydrogen) atoms. The lowest BCUT2D eigenvalue weighted by Crippen LogP contribution is -2.24. The molecule has 0 bridgehead atoms. The van der Waals surface area contributed by atoms with Crippen LogP contribution in [-0.2, 0) is 24.9 Å². The summed E-state index contributed by atoms with van der Waals surface area (Å²) < 4.78 is 8.20. The van der Waals surface area contributed by atoms with Gasteiger partial charge in [-0.1, -0.05) is 30.3 Å². The second kappa shape index (κ2) is 6.93. The molecule has 4 heteroatoms. The van der Waals surface area contributed by atoms with Crippen LogP contribution in [0.15, 0.2) is 30.3 Å². The predicted octanol–water partition coefficient (Wildman–Crippen LogP) is 3.46. The van der Waals surface area contributed by atoms with Gasteiger partial charge in [0, 0.05) is 37.9 Å². The summed E-state index contributed by atoms with van der Waals surface area (Å²) in [6, 6.07) is 10.5. The summed E-state index contributed by atoms with van der Waals surface area (Å²) in [4.78, 5) is 2.62. The lowest BCUT2D eigenvalue weighted by Gasteiger charge is -2.19. The highest BCUT2D eigenvalue weighted by molar-refractivity contribution is 5.24. The molecule has 0 N–H and O–H groups in total. The number of nitrogens with zero attached hydrogens (tertiary/aromatic N) is 3. The van der Waals surface area contributed by atoms with Crippen LogP contribution in [0.2, 0.25) is 0 Å². The number of aromatic nitrogens is 2. The van der Waals surface area contributed by atoms with Crippen molar-refractivity contribution in [1.29, 1.82) is 0 Å². The number of aryl methyl sites for hydroxylation is 2. The number of benzene rings is 1. The molecule has 1 unspecified atom stereocenters. The van der Waals surface area contributed by atoms with Gasteiger partial charge in [0.15, 0.2) is 0 Å². The van der Waals surface area contributed by atoms with Crippen molar-refractivity contribution >= 4 is 0 Å². The molecule has 2 heterocycles. The highest BCUT2D eigenvalue weighted by atomic mass is 16.5. The fraction of sp³-hybridized carbons (Fsp3) is 0.571. The molecule has 0 radical (unpaired) electrons. The van der Waals surface area contributed by atoms with Gasteiger partial charge in [-0.25, -0.2) is 0 Å². The van der Waals surface area contributed by atoms with Gasteiger partial charge >= 0.3 is 0 Å². The lowest BCUT2D eigenvalue weighted by molar-refractivity contribution is 0.0373. The third-order valence-corrected chi connectivity index (χ3v) is 6.15. The highest BCUT2D eigenvalue weighted by Crippen LogP contribution is 2.40. The van der Waals surface area contributed by atoms with Crippen molar-refractivity contribution in [3.05, 3.63) is 52.8 Å². The average molecular weight is 339 g/mol. The maximum Gasteiger partial charge on any atom is 0.0720 e. The Balaban J connectivity index is 1.29. The first-order valence-corrected chi connectivity index (χ1v) is 9.47. The van der Waals surface area contributed by atoms with Crippen molar-refractivity contribution in [3.63, 3.8) is 0 Å². The van der Waals surface area contributed by atoms with Crippen LogP contribution in [0.1, 0.15) is 35.4 Å². The molecule has 2 aromatic rings. The molecule has 134 valence electrons. The van der Waals surface area contributed by atoms with Crippen LogP contribution in [0.3, 0.4) is 0 Å². The standard InChI is InChI=1S/C21H29N3O/c1-15-21(16(2)23(3)22-15)13-24-11-18-9-20(10-19(18)12-24)25-14-17-7-5-4-6-8-17/h4-8,18-20H,9-14H2,1-3H3/t18-,19+,20?. The fourth-order valence-corrected chi connectivity index (χ4v) is 4.66. The Morgan fingerprint density at radius 2 is 1.76 bits per heavy atom. The number of rotatable bonds is 5. The van der Waals surface area contributed by atoms with Crippen molar-refractivity contribution in [2.24, 2.45) is 18.9 Å². The van der Waals surface area contributed by atoms with Crippen molar-refractivity contribution in [3.8, 4) is 0 Å². The molecule has 2 fully saturated rings. The number of likely N-dealkylation sites (tertiary alicyclic amines) is 1. The predicted molar refractivity (Wildman–Crippen MR) is 99.2 cm³/mol. The Kier molecular flexibility index (Phi) is 4.65. The van der Waals surface area contributed by atoms with Crippen molar-refractivity contribution in [1.82, 2.24) is 14.7 Å². The van der Waals surface area contributed by atoms with E-state index in [0.29, 0.717) is 6.10 Å². The molecule has 0 spiro atoms. The highest BCUT2D eigenvalue weighted by Gasteiger charge is 2.41. The van der Waals surface area contributed by atoms with Crippen LogP contribution in [-0.4, -0.2) is 33.9 Å². The first kappa shape index (κ1) is 16.8. The van der Waals surface area contributed by atoms with Gasteiger partial charge in [-0.05, 0) is 44.1 Å². The van der Waals surface area contributed by atoms with Crippen LogP contribution < -0.4 is 0 Å². The van der Waals surface area contributed by atoms with E-state index in [1.54, 1.807) is 0 Å². The Morgan fingerprint density at radius 1 is 1.08 bits per heavy atom. The van der Waals surface area contributed by atoms with Crippen molar-refractivity contribution in [2.75, 3.05) is 13.1 Å². The first-order chi connectivity index (χ1) is 12.1. The number of hydrogen-bond donors (Lipinski definition) is 0. The zero-order chi connectivity index (χ0) is 17.4. The van der Waals surface area contributed by atoms with Gasteiger partial charge in [-0.2, -0.15) is 5.10 Å². The van der Waals surface area contributed by atoms with E-state index in [1.165, 1.54) is 48.4 Å². The fourth-order valence-electron chi connectivity index (χ4n) is 4.66. The molecule has 2 aliphatic rings. The topological polar surface area (TPSA) is 30.3 Å². The molecule has 1 saturated heterocycles. The molecule has 3 atom stereocenters. The summed E-state index contributed by atoms with van der Waals surface area (Å²) in [6.07, 6.45) is 2.89. The average Bonchev–Trinajstić information content (AvgIpc) is 3.22. The van der Waals surface area contributed by atoms with E-state index in [2.05, 4.69) is 54.2 Å². The lowest BCUT2D eigenvalue weighted by atomic mass is 10.0. The minimum Gasteiger partial charge on any atom is -0.374 e. The van der Waals surface area contributed by atoms with Gasteiger partial charge in [0.1, 0.15) is 0 Å². The third-order valence-electron chi connectivity index (χ3n) is 6.15. The summed E-state index contributed by atoms with van der Waals surface area (Å²) in [5, 5.41) is 4.56. The zero-order valence-corrected chi connectivity index (χ0v) is 15.6. The normalized spacial score (nSPS) is 26.3. The van der Waals surface area contributed by atoms with Gasteiger partial charge < -0.3 is 4.74 Å². The van der Waals surface area contributed by atoms with Crippen molar-refractivity contribution < 1.29 is 4.74 Å². The van der Waals surface area contributed by atoms with Crippen LogP contribution in [0.4, 0.5) is 0 Å². The van der Waals surface area contributed by atoms with Gasteiger partial charge in [0.2, 0.25) is 0 Å². The zero-order valence-electron chi connectivity index (χ0n) is 15.6. The summed E-state index contributed by atoms with van der Waals surface area (Å²) in [5.41, 5.74) is 5.18. The Morgan fingerprint density at radius 3 is 2.36 bits per heavy atom. The van der Waals surface area contributed by atoms with Crippen LogP contribution in [0.5, 0.6) is 0 Å². The quantitative estimate of drug-likeness (QED) is 0.836. The minimum atomic E-state index is 0.444. The van der Waals surface area contributed by atoms with E-state index >= 15 is 0 Å². The Labute approximate surface area is 150 Å². The summed E-state index contributed by atoms with van der Waals surface area (Å²) in [5.74, 6) is 1.61. The van der Waals surface area contributed by atoms with E-state index in [1.807, 2.05) is 11.7 Å². The van der Waals surface area contributed by atoms with E-state index in [0.717, 1.165) is 25.0 Å². The van der Waals surface area contributed by atoms with E-state index in [-0.39, 0.29) is 0 Å². The number of ether oxygens (including phenoxy) is 1. The van der Waals surface area contributed by atoms with E-state index in [9.17, 15) is 0 Å². The number of fused-ring (bicyclic) bond motifs is 1. The van der Waals surface area contributed by atoms with Crippen LogP contribution in [0.25, 0.3) is 0 Å². The smallest absolute Gasteiger partial charge is 0.0720 e. The molecule has 4 rings (SSSR count). The van der Waals surface area contributed by atoms with Crippen LogP contribution >= 0.6 is 0 Å². The van der Waals surface area contributed by atoms with E-state index in [4.69, 9.17) is 4.74 Å². The molecular formula is C21H29N3O. The third kappa shape index (κ3) is 3.51. The van der Waals surface area contributed by atoms with Crippen LogP contribution in [0, 0.1) is 25.7 Å². The molecule has 1 aromatic carbocycles. The molecule has 1 aliphatic heterocycles. The monoisotopic (exact) mass is 339 g/mol. The maximum absolute atomic E-state index is 6.19. The SMILES string of the molecule is Cc1nn(C)c(C)c1CN1C[C@H]2CC(OCc3ccccc3)C[C@H]2C1. The van der Waals surface area contributed by atoms with Gasteiger partial charge in [-0.3, -0.25) is 9.58 Å². The summed E-state index contributed by atoms with van der Waals surface area (Å²) in [7, 11) is 2.04. The molecule has 1 aliphatic carbocycles. The summed E-state index contributed by atoms with van der Waals surface area (Å²) >= 11 is 0. The van der Waals surface area contributed by atoms with Gasteiger partial charge in [-0.15, -0.1) is 0 Å². The van der Waals surface area contributed by atoms with Gasteiger partial charge in [0.05, 0.1) is 18.4 Å². The Hall–Kier alpha value is -1.65. The minimum absolute atomic E-state index is 0.444.